The van der Waals surface area contributed by atoms with E-state index in [-0.39, 0.29) is 5.69 Å². The molecule has 1 aromatic rings. The van der Waals surface area contributed by atoms with Gasteiger partial charge in [-0.1, -0.05) is 5.92 Å². The predicted molar refractivity (Wildman–Crippen MR) is 71.6 cm³/mol. The molecule has 0 heterocycles. The van der Waals surface area contributed by atoms with E-state index in [0.717, 1.165) is 6.54 Å². The van der Waals surface area contributed by atoms with Crippen LogP contribution in [0.1, 0.15) is 18.4 Å². The molecule has 5 nitrogen and oxygen atoms in total. The van der Waals surface area contributed by atoms with E-state index < -0.39 is 4.92 Å². The van der Waals surface area contributed by atoms with Crippen LogP contribution in [-0.4, -0.2) is 18.0 Å². The Morgan fingerprint density at radius 1 is 1.53 bits per heavy atom. The van der Waals surface area contributed by atoms with E-state index >= 15 is 0 Å². The fourth-order valence-electron chi connectivity index (χ4n) is 1.97. The Labute approximate surface area is 111 Å². The summed E-state index contributed by atoms with van der Waals surface area (Å²) in [6, 6.07) is 6.32. The van der Waals surface area contributed by atoms with Crippen LogP contribution >= 0.6 is 0 Å². The minimum atomic E-state index is -0.503. The van der Waals surface area contributed by atoms with Crippen molar-refractivity contribution >= 4 is 11.4 Å². The number of hydrogen-bond donors (Lipinski definition) is 0. The van der Waals surface area contributed by atoms with Crippen molar-refractivity contribution in [1.29, 1.82) is 5.26 Å². The molecule has 1 saturated carbocycles. The van der Waals surface area contributed by atoms with Gasteiger partial charge in [-0.2, -0.15) is 5.26 Å². The van der Waals surface area contributed by atoms with E-state index in [0.29, 0.717) is 23.7 Å². The number of anilines is 1. The highest BCUT2D eigenvalue weighted by Gasteiger charge is 2.25. The van der Waals surface area contributed by atoms with Crippen LogP contribution in [0.5, 0.6) is 0 Å². The number of non-ortho nitro benzene ring substituents is 1. The van der Waals surface area contributed by atoms with Crippen LogP contribution in [0, 0.1) is 39.7 Å². The summed E-state index contributed by atoms with van der Waals surface area (Å²) in [6.45, 7) is 1.21. The smallest absolute Gasteiger partial charge is 0.270 e. The molecule has 0 bridgehead atoms. The zero-order chi connectivity index (χ0) is 13.8. The molecular weight excluding hydrogens is 242 g/mol. The summed E-state index contributed by atoms with van der Waals surface area (Å²) in [5.74, 6) is 3.19. The van der Waals surface area contributed by atoms with Crippen LogP contribution < -0.4 is 4.90 Å². The largest absolute Gasteiger partial charge is 0.359 e. The lowest BCUT2D eigenvalue weighted by atomic mass is 10.1. The molecule has 1 aliphatic rings. The molecule has 5 heteroatoms. The molecule has 0 unspecified atom stereocenters. The third-order valence-corrected chi connectivity index (χ3v) is 3.11. The Bertz CT molecular complexity index is 579. The van der Waals surface area contributed by atoms with Crippen LogP contribution in [0.25, 0.3) is 0 Å². The number of nitriles is 1. The SMILES string of the molecule is C#CCN(CC1CC1)c1ccc([N+](=O)[O-])cc1C#N. The van der Waals surface area contributed by atoms with Gasteiger partial charge in [-0.15, -0.1) is 6.42 Å². The average molecular weight is 255 g/mol. The monoisotopic (exact) mass is 255 g/mol. The number of benzene rings is 1. The molecule has 19 heavy (non-hydrogen) atoms. The number of rotatable bonds is 5. The zero-order valence-corrected chi connectivity index (χ0v) is 10.4. The molecular formula is C14H13N3O2. The number of hydrogen-bond acceptors (Lipinski definition) is 4. The minimum absolute atomic E-state index is 0.0765. The van der Waals surface area contributed by atoms with E-state index in [4.69, 9.17) is 11.7 Å². The number of terminal acetylenes is 1. The van der Waals surface area contributed by atoms with Gasteiger partial charge in [0.2, 0.25) is 0 Å². The predicted octanol–water partition coefficient (Wildman–Crippen LogP) is 2.32. The van der Waals surface area contributed by atoms with E-state index in [1.807, 2.05) is 11.0 Å². The van der Waals surface area contributed by atoms with Crippen LogP contribution in [0.4, 0.5) is 11.4 Å². The summed E-state index contributed by atoms with van der Waals surface area (Å²) in [7, 11) is 0. The summed E-state index contributed by atoms with van der Waals surface area (Å²) in [6.07, 6.45) is 7.70. The summed E-state index contributed by atoms with van der Waals surface area (Å²) in [5.41, 5.74) is 0.899. The molecule has 1 fully saturated rings. The summed E-state index contributed by atoms with van der Waals surface area (Å²) in [4.78, 5) is 12.2. The summed E-state index contributed by atoms with van der Waals surface area (Å²) >= 11 is 0. The molecule has 0 saturated heterocycles. The van der Waals surface area contributed by atoms with Crippen LogP contribution in [-0.2, 0) is 0 Å². The molecule has 1 aliphatic carbocycles. The van der Waals surface area contributed by atoms with Gasteiger partial charge in [0.15, 0.2) is 0 Å². The van der Waals surface area contributed by atoms with E-state index in [2.05, 4.69) is 5.92 Å². The van der Waals surface area contributed by atoms with Gasteiger partial charge >= 0.3 is 0 Å². The Hall–Kier alpha value is -2.53. The Balaban J connectivity index is 2.32. The van der Waals surface area contributed by atoms with Gasteiger partial charge in [-0.05, 0) is 24.8 Å². The molecule has 0 amide bonds. The minimum Gasteiger partial charge on any atom is -0.359 e. The highest BCUT2D eigenvalue weighted by Crippen LogP contribution is 2.33. The fourth-order valence-corrected chi connectivity index (χ4v) is 1.97. The van der Waals surface area contributed by atoms with Crippen molar-refractivity contribution in [1.82, 2.24) is 0 Å². The summed E-state index contributed by atoms with van der Waals surface area (Å²) in [5, 5.41) is 19.9. The molecule has 2 rings (SSSR count). The van der Waals surface area contributed by atoms with Crippen molar-refractivity contribution in [3.05, 3.63) is 33.9 Å². The molecule has 96 valence electrons. The topological polar surface area (TPSA) is 70.2 Å². The molecule has 1 aromatic carbocycles. The quantitative estimate of drug-likeness (QED) is 0.460. The zero-order valence-electron chi connectivity index (χ0n) is 10.4. The van der Waals surface area contributed by atoms with Gasteiger partial charge < -0.3 is 4.90 Å². The molecule has 0 aromatic heterocycles. The third-order valence-electron chi connectivity index (χ3n) is 3.11. The molecule has 0 radical (unpaired) electrons. The van der Waals surface area contributed by atoms with Crippen molar-refractivity contribution in [2.24, 2.45) is 5.92 Å². The Morgan fingerprint density at radius 3 is 2.79 bits per heavy atom. The van der Waals surface area contributed by atoms with Gasteiger partial charge in [0.1, 0.15) is 6.07 Å². The Kier molecular flexibility index (Phi) is 3.68. The Morgan fingerprint density at radius 2 is 2.26 bits per heavy atom. The van der Waals surface area contributed by atoms with E-state index in [1.54, 1.807) is 6.07 Å². The number of nitrogens with zero attached hydrogens (tertiary/aromatic N) is 3. The van der Waals surface area contributed by atoms with Crippen molar-refractivity contribution in [3.63, 3.8) is 0 Å². The van der Waals surface area contributed by atoms with Gasteiger partial charge in [-0.25, -0.2) is 0 Å². The molecule has 0 aliphatic heterocycles. The van der Waals surface area contributed by atoms with E-state index in [9.17, 15) is 10.1 Å². The van der Waals surface area contributed by atoms with Crippen LogP contribution in [0.2, 0.25) is 0 Å². The van der Waals surface area contributed by atoms with Crippen molar-refractivity contribution in [2.45, 2.75) is 12.8 Å². The number of nitro groups is 1. The van der Waals surface area contributed by atoms with Crippen LogP contribution in [0.15, 0.2) is 18.2 Å². The highest BCUT2D eigenvalue weighted by atomic mass is 16.6. The lowest BCUT2D eigenvalue weighted by molar-refractivity contribution is -0.384. The van der Waals surface area contributed by atoms with Gasteiger partial charge in [0, 0.05) is 18.7 Å². The van der Waals surface area contributed by atoms with Gasteiger partial charge in [0.25, 0.3) is 5.69 Å². The van der Waals surface area contributed by atoms with E-state index in [1.165, 1.54) is 25.0 Å². The highest BCUT2D eigenvalue weighted by molar-refractivity contribution is 5.63. The normalized spacial score (nSPS) is 13.4. The maximum absolute atomic E-state index is 10.7. The van der Waals surface area contributed by atoms with Crippen LogP contribution in [0.3, 0.4) is 0 Å². The lowest BCUT2D eigenvalue weighted by Crippen LogP contribution is -2.26. The first-order valence-electron chi connectivity index (χ1n) is 6.02. The van der Waals surface area contributed by atoms with Crippen molar-refractivity contribution < 1.29 is 4.92 Å². The van der Waals surface area contributed by atoms with Gasteiger partial charge in [0.05, 0.1) is 22.7 Å². The first kappa shape index (κ1) is 12.9. The lowest BCUT2D eigenvalue weighted by Gasteiger charge is -2.23. The molecule has 0 atom stereocenters. The second-order valence-electron chi connectivity index (χ2n) is 4.60. The molecule has 0 spiro atoms. The molecule has 0 N–H and O–H groups in total. The number of nitro benzene ring substituents is 1. The van der Waals surface area contributed by atoms with Gasteiger partial charge in [-0.3, -0.25) is 10.1 Å². The fraction of sp³-hybridized carbons (Fsp3) is 0.357. The standard InChI is InChI=1S/C14H13N3O2/c1-2-7-16(10-11-3-4-11)14-6-5-13(17(18)19)8-12(14)9-15/h1,5-6,8,11H,3-4,7,10H2. The summed E-state index contributed by atoms with van der Waals surface area (Å²) < 4.78 is 0. The first-order valence-corrected chi connectivity index (χ1v) is 6.02. The first-order chi connectivity index (χ1) is 9.15. The second kappa shape index (κ2) is 5.41. The average Bonchev–Trinajstić information content (AvgIpc) is 3.21. The third kappa shape index (κ3) is 3.02. The van der Waals surface area contributed by atoms with Crippen molar-refractivity contribution in [3.8, 4) is 18.4 Å². The van der Waals surface area contributed by atoms with Crippen molar-refractivity contribution in [2.75, 3.05) is 18.0 Å². The maximum atomic E-state index is 10.7. The maximum Gasteiger partial charge on any atom is 0.270 e. The second-order valence-corrected chi connectivity index (χ2v) is 4.60.